The van der Waals surface area contributed by atoms with E-state index in [0.29, 0.717) is 5.25 Å². The average Bonchev–Trinajstić information content (AvgIpc) is 3.04. The van der Waals surface area contributed by atoms with Crippen LogP contribution in [0.5, 0.6) is 5.75 Å². The van der Waals surface area contributed by atoms with Gasteiger partial charge in [-0.2, -0.15) is 0 Å². The van der Waals surface area contributed by atoms with Gasteiger partial charge in [0, 0.05) is 23.7 Å². The van der Waals surface area contributed by atoms with Crippen LogP contribution in [0, 0.1) is 0 Å². The van der Waals surface area contributed by atoms with Crippen LogP contribution in [0.25, 0.3) is 5.69 Å². The van der Waals surface area contributed by atoms with Gasteiger partial charge in [-0.25, -0.2) is 4.98 Å². The highest BCUT2D eigenvalue weighted by molar-refractivity contribution is 7.99. The fraction of sp³-hybridized carbons (Fsp3) is 0.167. The van der Waals surface area contributed by atoms with Gasteiger partial charge in [-0.15, -0.1) is 0 Å². The Morgan fingerprint density at radius 2 is 1.91 bits per heavy atom. The number of benzene rings is 2. The summed E-state index contributed by atoms with van der Waals surface area (Å²) in [5.41, 5.74) is 2.35. The number of hydrogen-bond acceptors (Lipinski definition) is 3. The Hall–Kier alpha value is -2.20. The molecule has 1 atom stereocenters. The van der Waals surface area contributed by atoms with Gasteiger partial charge < -0.3 is 4.74 Å². The third-order valence-corrected chi connectivity index (χ3v) is 4.63. The smallest absolute Gasteiger partial charge is 0.173 e. The van der Waals surface area contributed by atoms with Crippen LogP contribution in [0.1, 0.15) is 17.7 Å². The van der Waals surface area contributed by atoms with Crippen molar-refractivity contribution in [1.82, 2.24) is 9.55 Å². The normalized spacial score (nSPS) is 12.1. The van der Waals surface area contributed by atoms with E-state index in [4.69, 9.17) is 4.74 Å². The molecule has 0 N–H and O–H groups in total. The van der Waals surface area contributed by atoms with E-state index in [2.05, 4.69) is 46.8 Å². The van der Waals surface area contributed by atoms with Crippen LogP contribution in [0.4, 0.5) is 0 Å². The molecule has 0 amide bonds. The molecule has 3 nitrogen and oxygen atoms in total. The van der Waals surface area contributed by atoms with Gasteiger partial charge in [-0.3, -0.25) is 4.57 Å². The third kappa shape index (κ3) is 3.17. The van der Waals surface area contributed by atoms with Crippen LogP contribution in [-0.4, -0.2) is 16.7 Å². The van der Waals surface area contributed by atoms with Gasteiger partial charge in [0.15, 0.2) is 5.16 Å². The summed E-state index contributed by atoms with van der Waals surface area (Å²) < 4.78 is 7.39. The van der Waals surface area contributed by atoms with Crippen molar-refractivity contribution in [2.75, 3.05) is 7.11 Å². The summed E-state index contributed by atoms with van der Waals surface area (Å²) in [4.78, 5) is 4.50. The fourth-order valence-corrected chi connectivity index (χ4v) is 3.29. The maximum absolute atomic E-state index is 5.30. The van der Waals surface area contributed by atoms with Gasteiger partial charge in [0.25, 0.3) is 0 Å². The van der Waals surface area contributed by atoms with Gasteiger partial charge in [0.05, 0.1) is 12.8 Å². The number of imidazole rings is 1. The summed E-state index contributed by atoms with van der Waals surface area (Å²) in [5, 5.41) is 1.32. The second-order valence-electron chi connectivity index (χ2n) is 4.95. The molecular formula is C18H18N2OS. The lowest BCUT2D eigenvalue weighted by Crippen LogP contribution is -1.97. The zero-order valence-electron chi connectivity index (χ0n) is 12.6. The summed E-state index contributed by atoms with van der Waals surface area (Å²) >= 11 is 1.75. The van der Waals surface area contributed by atoms with E-state index in [1.807, 2.05) is 36.7 Å². The van der Waals surface area contributed by atoms with Crippen LogP contribution in [-0.2, 0) is 0 Å². The molecule has 3 rings (SSSR count). The minimum atomic E-state index is 0.341. The fourth-order valence-electron chi connectivity index (χ4n) is 2.28. The van der Waals surface area contributed by atoms with Crippen molar-refractivity contribution in [2.45, 2.75) is 17.3 Å². The largest absolute Gasteiger partial charge is 0.497 e. The zero-order chi connectivity index (χ0) is 15.4. The van der Waals surface area contributed by atoms with Crippen LogP contribution in [0.3, 0.4) is 0 Å². The molecule has 1 aromatic heterocycles. The molecule has 0 fully saturated rings. The predicted molar refractivity (Wildman–Crippen MR) is 90.8 cm³/mol. The van der Waals surface area contributed by atoms with E-state index in [9.17, 15) is 0 Å². The highest BCUT2D eigenvalue weighted by Gasteiger charge is 2.12. The Kier molecular flexibility index (Phi) is 4.49. The summed E-state index contributed by atoms with van der Waals surface area (Å²) in [6.07, 6.45) is 3.81. The molecule has 1 unspecified atom stereocenters. The maximum Gasteiger partial charge on any atom is 0.173 e. The number of rotatable bonds is 5. The molecule has 0 spiro atoms. The van der Waals surface area contributed by atoms with E-state index >= 15 is 0 Å². The Balaban J connectivity index is 1.86. The van der Waals surface area contributed by atoms with E-state index in [0.717, 1.165) is 16.6 Å². The second kappa shape index (κ2) is 6.71. The van der Waals surface area contributed by atoms with E-state index in [-0.39, 0.29) is 0 Å². The van der Waals surface area contributed by atoms with Crippen LogP contribution in [0.2, 0.25) is 0 Å². The lowest BCUT2D eigenvalue weighted by atomic mass is 10.2. The Morgan fingerprint density at radius 3 is 2.68 bits per heavy atom. The topological polar surface area (TPSA) is 27.1 Å². The first-order chi connectivity index (χ1) is 10.8. The number of ether oxygens (including phenoxy) is 1. The zero-order valence-corrected chi connectivity index (χ0v) is 13.5. The van der Waals surface area contributed by atoms with Crippen molar-refractivity contribution in [3.63, 3.8) is 0 Å². The van der Waals surface area contributed by atoms with E-state index in [1.54, 1.807) is 18.9 Å². The van der Waals surface area contributed by atoms with Gasteiger partial charge in [-0.05, 0) is 24.6 Å². The predicted octanol–water partition coefficient (Wildman–Crippen LogP) is 4.73. The Morgan fingerprint density at radius 1 is 1.09 bits per heavy atom. The standard InChI is InChI=1S/C18H18N2OS/c1-14(15-7-4-3-5-8-15)22-18-19-11-12-20(18)16-9-6-10-17(13-16)21-2/h3-14H,1-2H3. The summed E-state index contributed by atoms with van der Waals surface area (Å²) in [7, 11) is 1.68. The van der Waals surface area contributed by atoms with Gasteiger partial charge in [0.1, 0.15) is 5.75 Å². The van der Waals surface area contributed by atoms with E-state index in [1.165, 1.54) is 5.56 Å². The summed E-state index contributed by atoms with van der Waals surface area (Å²) in [6, 6.07) is 18.5. The first-order valence-corrected chi connectivity index (χ1v) is 8.05. The Bertz CT molecular complexity index is 740. The van der Waals surface area contributed by atoms with Crippen molar-refractivity contribution in [3.8, 4) is 11.4 Å². The number of methoxy groups -OCH3 is 1. The maximum atomic E-state index is 5.30. The van der Waals surface area contributed by atoms with Crippen molar-refractivity contribution >= 4 is 11.8 Å². The first kappa shape index (κ1) is 14.7. The summed E-state index contributed by atoms with van der Waals surface area (Å²) in [5.74, 6) is 0.846. The quantitative estimate of drug-likeness (QED) is 0.637. The Labute approximate surface area is 135 Å². The highest BCUT2D eigenvalue weighted by atomic mass is 32.2. The molecule has 0 bridgehead atoms. The number of aromatic nitrogens is 2. The lowest BCUT2D eigenvalue weighted by Gasteiger charge is -2.13. The summed E-state index contributed by atoms with van der Waals surface area (Å²) in [6.45, 7) is 2.20. The molecule has 0 radical (unpaired) electrons. The first-order valence-electron chi connectivity index (χ1n) is 7.17. The molecule has 2 aromatic carbocycles. The van der Waals surface area contributed by atoms with Crippen molar-refractivity contribution in [2.24, 2.45) is 0 Å². The SMILES string of the molecule is COc1cccc(-n2ccnc2SC(C)c2ccccc2)c1. The average molecular weight is 310 g/mol. The monoisotopic (exact) mass is 310 g/mol. The number of nitrogens with zero attached hydrogens (tertiary/aromatic N) is 2. The third-order valence-electron chi connectivity index (χ3n) is 3.49. The lowest BCUT2D eigenvalue weighted by molar-refractivity contribution is 0.414. The van der Waals surface area contributed by atoms with Crippen LogP contribution >= 0.6 is 11.8 Å². The molecule has 22 heavy (non-hydrogen) atoms. The molecule has 3 aromatic rings. The van der Waals surface area contributed by atoms with Gasteiger partial charge in [0.2, 0.25) is 0 Å². The molecule has 1 heterocycles. The number of hydrogen-bond donors (Lipinski definition) is 0. The molecular weight excluding hydrogens is 292 g/mol. The molecule has 0 saturated heterocycles. The van der Waals surface area contributed by atoms with Crippen molar-refractivity contribution in [1.29, 1.82) is 0 Å². The van der Waals surface area contributed by atoms with Crippen molar-refractivity contribution < 1.29 is 4.74 Å². The molecule has 0 aliphatic heterocycles. The minimum absolute atomic E-state index is 0.341. The van der Waals surface area contributed by atoms with Gasteiger partial charge in [-0.1, -0.05) is 48.2 Å². The molecule has 0 aliphatic rings. The number of thioether (sulfide) groups is 1. The van der Waals surface area contributed by atoms with Crippen LogP contribution in [0.15, 0.2) is 72.1 Å². The van der Waals surface area contributed by atoms with E-state index < -0.39 is 0 Å². The van der Waals surface area contributed by atoms with Crippen LogP contribution < -0.4 is 4.74 Å². The molecule has 4 heteroatoms. The molecule has 112 valence electrons. The minimum Gasteiger partial charge on any atom is -0.497 e. The highest BCUT2D eigenvalue weighted by Crippen LogP contribution is 2.34. The molecule has 0 aliphatic carbocycles. The second-order valence-corrected chi connectivity index (χ2v) is 6.26. The van der Waals surface area contributed by atoms with Crippen molar-refractivity contribution in [3.05, 3.63) is 72.6 Å². The molecule has 0 saturated carbocycles. The van der Waals surface area contributed by atoms with Gasteiger partial charge >= 0.3 is 0 Å².